The molecule has 20 heavy (non-hydrogen) atoms. The third-order valence-electron chi connectivity index (χ3n) is 2.67. The summed E-state index contributed by atoms with van der Waals surface area (Å²) in [6.45, 7) is 2.48. The molecule has 0 amide bonds. The first kappa shape index (κ1) is 15.9. The summed E-state index contributed by atoms with van der Waals surface area (Å²) in [6.07, 6.45) is 1.32. The van der Waals surface area contributed by atoms with Crippen LogP contribution >= 0.6 is 0 Å². The van der Waals surface area contributed by atoms with Crippen LogP contribution in [0.15, 0.2) is 18.2 Å². The quantitative estimate of drug-likeness (QED) is 0.844. The Labute approximate surface area is 115 Å². The number of benzene rings is 1. The first-order valence-electron chi connectivity index (χ1n) is 5.94. The zero-order valence-corrected chi connectivity index (χ0v) is 10.9. The van der Waals surface area contributed by atoms with E-state index < -0.39 is 23.3 Å². The molecule has 6 heteroatoms. The summed E-state index contributed by atoms with van der Waals surface area (Å²) < 4.78 is 37.9. The standard InChI is InChI=1S/C14H14F3NO2/c1-3-7-18(8-4-2)12-6-5-10(14(15,16)17)9-11(12)13(19)20/h1,5-6,9H,4,7-8H2,2H3,(H,19,20). The van der Waals surface area contributed by atoms with E-state index >= 15 is 0 Å². The van der Waals surface area contributed by atoms with Gasteiger partial charge in [-0.3, -0.25) is 0 Å². The van der Waals surface area contributed by atoms with Gasteiger partial charge >= 0.3 is 12.1 Å². The molecule has 0 atom stereocenters. The number of aromatic carboxylic acids is 1. The van der Waals surface area contributed by atoms with Crippen molar-refractivity contribution in [3.8, 4) is 12.3 Å². The van der Waals surface area contributed by atoms with E-state index in [1.165, 1.54) is 0 Å². The Bertz CT molecular complexity index is 532. The third-order valence-corrected chi connectivity index (χ3v) is 2.67. The van der Waals surface area contributed by atoms with E-state index in [2.05, 4.69) is 5.92 Å². The topological polar surface area (TPSA) is 40.5 Å². The number of hydrogen-bond donors (Lipinski definition) is 1. The molecular weight excluding hydrogens is 271 g/mol. The van der Waals surface area contributed by atoms with Crippen molar-refractivity contribution in [1.29, 1.82) is 0 Å². The number of carboxylic acid groups (broad SMARTS) is 1. The predicted octanol–water partition coefficient (Wildman–Crippen LogP) is 3.25. The summed E-state index contributed by atoms with van der Waals surface area (Å²) in [4.78, 5) is 12.7. The minimum atomic E-state index is -4.58. The third kappa shape index (κ3) is 3.67. The predicted molar refractivity (Wildman–Crippen MR) is 69.7 cm³/mol. The maximum atomic E-state index is 12.6. The molecule has 0 spiro atoms. The summed E-state index contributed by atoms with van der Waals surface area (Å²) >= 11 is 0. The van der Waals surface area contributed by atoms with E-state index in [4.69, 9.17) is 11.5 Å². The van der Waals surface area contributed by atoms with Crippen LogP contribution in [-0.2, 0) is 6.18 Å². The summed E-state index contributed by atoms with van der Waals surface area (Å²) in [5.74, 6) is 0.960. The number of anilines is 1. The highest BCUT2D eigenvalue weighted by atomic mass is 19.4. The highest BCUT2D eigenvalue weighted by Gasteiger charge is 2.32. The fourth-order valence-electron chi connectivity index (χ4n) is 1.82. The van der Waals surface area contributed by atoms with Crippen molar-refractivity contribution in [2.45, 2.75) is 19.5 Å². The summed E-state index contributed by atoms with van der Waals surface area (Å²) in [5.41, 5.74) is -1.19. The van der Waals surface area contributed by atoms with Gasteiger partial charge in [-0.05, 0) is 24.6 Å². The van der Waals surface area contributed by atoms with Crippen LogP contribution in [0.5, 0.6) is 0 Å². The van der Waals surface area contributed by atoms with Gasteiger partial charge in [0.15, 0.2) is 0 Å². The number of halogens is 3. The van der Waals surface area contributed by atoms with Crippen molar-refractivity contribution < 1.29 is 23.1 Å². The van der Waals surface area contributed by atoms with Gasteiger partial charge in [0.25, 0.3) is 0 Å². The van der Waals surface area contributed by atoms with Crippen LogP contribution in [0.2, 0.25) is 0 Å². The van der Waals surface area contributed by atoms with Crippen molar-refractivity contribution in [1.82, 2.24) is 0 Å². The SMILES string of the molecule is C#CCN(CCC)c1ccc(C(F)(F)F)cc1C(=O)O. The number of hydrogen-bond acceptors (Lipinski definition) is 2. The molecule has 0 saturated heterocycles. The highest BCUT2D eigenvalue weighted by molar-refractivity contribution is 5.94. The van der Waals surface area contributed by atoms with Gasteiger partial charge in [-0.25, -0.2) is 4.79 Å². The average molecular weight is 285 g/mol. The molecule has 1 N–H and O–H groups in total. The molecule has 1 rings (SSSR count). The number of carboxylic acids is 1. The van der Waals surface area contributed by atoms with Crippen LogP contribution in [0, 0.1) is 12.3 Å². The average Bonchev–Trinajstić information content (AvgIpc) is 2.36. The van der Waals surface area contributed by atoms with E-state index in [-0.39, 0.29) is 12.2 Å². The Kier molecular flexibility index (Phi) is 5.03. The van der Waals surface area contributed by atoms with Crippen molar-refractivity contribution >= 4 is 11.7 Å². The van der Waals surface area contributed by atoms with Crippen LogP contribution in [-0.4, -0.2) is 24.2 Å². The normalized spacial score (nSPS) is 10.9. The maximum Gasteiger partial charge on any atom is 0.416 e. The lowest BCUT2D eigenvalue weighted by Crippen LogP contribution is -2.26. The first-order valence-corrected chi connectivity index (χ1v) is 5.94. The summed E-state index contributed by atoms with van der Waals surface area (Å²) in [5, 5.41) is 9.10. The Morgan fingerprint density at radius 3 is 2.55 bits per heavy atom. The molecule has 1 aromatic rings. The molecule has 0 bridgehead atoms. The molecule has 0 saturated carbocycles. The molecule has 0 aromatic heterocycles. The maximum absolute atomic E-state index is 12.6. The van der Waals surface area contributed by atoms with Gasteiger partial charge in [-0.15, -0.1) is 6.42 Å². The summed E-state index contributed by atoms with van der Waals surface area (Å²) in [7, 11) is 0. The fourth-order valence-corrected chi connectivity index (χ4v) is 1.82. The Morgan fingerprint density at radius 1 is 1.45 bits per heavy atom. The second-order valence-corrected chi connectivity index (χ2v) is 4.16. The lowest BCUT2D eigenvalue weighted by atomic mass is 10.1. The monoisotopic (exact) mass is 285 g/mol. The minimum Gasteiger partial charge on any atom is -0.478 e. The van der Waals surface area contributed by atoms with Gasteiger partial charge in [0, 0.05) is 6.54 Å². The molecule has 108 valence electrons. The fraction of sp³-hybridized carbons (Fsp3) is 0.357. The zero-order chi connectivity index (χ0) is 15.3. The molecular formula is C14H14F3NO2. The second kappa shape index (κ2) is 6.33. The molecule has 3 nitrogen and oxygen atoms in total. The molecule has 0 unspecified atom stereocenters. The van der Waals surface area contributed by atoms with E-state index in [1.807, 2.05) is 6.92 Å². The van der Waals surface area contributed by atoms with E-state index in [0.29, 0.717) is 19.0 Å². The van der Waals surface area contributed by atoms with Crippen LogP contribution in [0.1, 0.15) is 29.3 Å². The van der Waals surface area contributed by atoms with E-state index in [0.717, 1.165) is 12.1 Å². The van der Waals surface area contributed by atoms with E-state index in [9.17, 15) is 18.0 Å². The second-order valence-electron chi connectivity index (χ2n) is 4.16. The first-order chi connectivity index (χ1) is 9.31. The Hall–Kier alpha value is -2.16. The molecule has 0 fully saturated rings. The number of rotatable bonds is 5. The number of alkyl halides is 3. The van der Waals surface area contributed by atoms with Gasteiger partial charge in [0.1, 0.15) is 0 Å². The molecule has 1 aromatic carbocycles. The molecule has 0 aliphatic carbocycles. The zero-order valence-electron chi connectivity index (χ0n) is 10.9. The van der Waals surface area contributed by atoms with Crippen LogP contribution in [0.4, 0.5) is 18.9 Å². The van der Waals surface area contributed by atoms with Crippen LogP contribution in [0.25, 0.3) is 0 Å². The lowest BCUT2D eigenvalue weighted by molar-refractivity contribution is -0.137. The smallest absolute Gasteiger partial charge is 0.416 e. The molecule has 0 radical (unpaired) electrons. The number of carbonyl (C=O) groups is 1. The molecule has 0 aliphatic rings. The largest absolute Gasteiger partial charge is 0.478 e. The van der Waals surface area contributed by atoms with Crippen molar-refractivity contribution in [2.75, 3.05) is 18.0 Å². The number of terminal acetylenes is 1. The Balaban J connectivity index is 3.32. The van der Waals surface area contributed by atoms with Gasteiger partial charge in [-0.1, -0.05) is 12.8 Å². The van der Waals surface area contributed by atoms with E-state index in [1.54, 1.807) is 4.90 Å². The van der Waals surface area contributed by atoms with Gasteiger partial charge in [0.2, 0.25) is 0 Å². The van der Waals surface area contributed by atoms with Gasteiger partial charge in [0.05, 0.1) is 23.4 Å². The van der Waals surface area contributed by atoms with Gasteiger partial charge in [-0.2, -0.15) is 13.2 Å². The molecule has 0 heterocycles. The van der Waals surface area contributed by atoms with Gasteiger partial charge < -0.3 is 10.0 Å². The summed E-state index contributed by atoms with van der Waals surface area (Å²) in [6, 6.07) is 2.65. The minimum absolute atomic E-state index is 0.138. The van der Waals surface area contributed by atoms with Crippen LogP contribution in [0.3, 0.4) is 0 Å². The van der Waals surface area contributed by atoms with Crippen LogP contribution < -0.4 is 4.90 Å². The molecule has 0 aliphatic heterocycles. The van der Waals surface area contributed by atoms with Crippen molar-refractivity contribution in [2.24, 2.45) is 0 Å². The number of nitrogens with zero attached hydrogens (tertiary/aromatic N) is 1. The van der Waals surface area contributed by atoms with Crippen molar-refractivity contribution in [3.05, 3.63) is 29.3 Å². The Morgan fingerprint density at radius 2 is 2.10 bits per heavy atom. The highest BCUT2D eigenvalue weighted by Crippen LogP contribution is 2.33. The lowest BCUT2D eigenvalue weighted by Gasteiger charge is -2.24. The van der Waals surface area contributed by atoms with Crippen molar-refractivity contribution in [3.63, 3.8) is 0 Å².